The number of rotatable bonds is 7. The van der Waals surface area contributed by atoms with Gasteiger partial charge in [0, 0.05) is 23.7 Å². The lowest BCUT2D eigenvalue weighted by atomic mass is 9.46. The van der Waals surface area contributed by atoms with Gasteiger partial charge in [0.25, 0.3) is 0 Å². The number of allylic oxidation sites excluding steroid dienone is 1. The van der Waals surface area contributed by atoms with Crippen LogP contribution < -0.4 is 0 Å². The molecule has 9 fully saturated rings. The maximum atomic E-state index is 12.3. The fourth-order valence-corrected chi connectivity index (χ4v) is 15.3. The van der Waals surface area contributed by atoms with Crippen LogP contribution in [0.25, 0.3) is 0 Å². The van der Waals surface area contributed by atoms with Crippen LogP contribution in [0.4, 0.5) is 0 Å². The summed E-state index contributed by atoms with van der Waals surface area (Å²) < 4.78 is 56.8. The second-order valence-electron chi connectivity index (χ2n) is 22.9. The van der Waals surface area contributed by atoms with Gasteiger partial charge in [0.05, 0.1) is 56.4 Å². The Morgan fingerprint density at radius 2 is 1.31 bits per heavy atom. The fraction of sp³-hybridized carbons (Fsp3) is 0.918. The second kappa shape index (κ2) is 19.0. The van der Waals surface area contributed by atoms with E-state index in [9.17, 15) is 61.3 Å². The Hall–Kier alpha value is -1.36. The minimum absolute atomic E-state index is 0.0301. The summed E-state index contributed by atoms with van der Waals surface area (Å²) in [6.07, 6.45) is -23.2. The molecule has 0 unspecified atom stereocenters. The van der Waals surface area contributed by atoms with Crippen molar-refractivity contribution in [3.63, 3.8) is 0 Å². The van der Waals surface area contributed by atoms with Crippen molar-refractivity contribution in [1.82, 2.24) is 0 Å². The van der Waals surface area contributed by atoms with Gasteiger partial charge < -0.3 is 104 Å². The van der Waals surface area contributed by atoms with Gasteiger partial charge in [0.2, 0.25) is 0 Å². The zero-order valence-electron chi connectivity index (χ0n) is 40.4. The van der Waals surface area contributed by atoms with Crippen molar-refractivity contribution >= 4 is 0 Å². The molecule has 6 heterocycles. The first-order valence-electron chi connectivity index (χ1n) is 25.4. The molecule has 3 saturated carbocycles. The molecule has 0 aromatic carbocycles. The summed E-state index contributed by atoms with van der Waals surface area (Å²) in [5.74, 6) is -2.28. The third-order valence-electron chi connectivity index (χ3n) is 19.2. The summed E-state index contributed by atoms with van der Waals surface area (Å²) in [6.45, 7) is 13.1. The van der Waals surface area contributed by atoms with Gasteiger partial charge in [-0.2, -0.15) is 0 Å². The van der Waals surface area contributed by atoms with Gasteiger partial charge in [-0.05, 0) is 80.6 Å². The molecular weight excluding hydrogens is 925 g/mol. The number of fused-ring (bicyclic) bond motifs is 7. The average Bonchev–Trinajstić information content (AvgIpc) is 3.78. The van der Waals surface area contributed by atoms with Crippen LogP contribution >= 0.6 is 0 Å². The molecule has 70 heavy (non-hydrogen) atoms. The van der Waals surface area contributed by atoms with Crippen LogP contribution in [0.1, 0.15) is 73.1 Å². The van der Waals surface area contributed by atoms with Crippen molar-refractivity contribution in [2.75, 3.05) is 19.8 Å². The van der Waals surface area contributed by atoms with E-state index in [4.69, 9.17) is 42.6 Å². The van der Waals surface area contributed by atoms with Gasteiger partial charge in [-0.25, -0.2) is 0 Å². The van der Waals surface area contributed by atoms with Crippen LogP contribution in [-0.4, -0.2) is 222 Å². The lowest BCUT2D eigenvalue weighted by molar-refractivity contribution is -0.390. The van der Waals surface area contributed by atoms with E-state index in [1.165, 1.54) is 6.92 Å². The Balaban J connectivity index is 0.918. The van der Waals surface area contributed by atoms with Crippen molar-refractivity contribution in [3.8, 4) is 0 Å². The first-order valence-corrected chi connectivity index (χ1v) is 25.4. The Bertz CT molecular complexity index is 1950. The zero-order valence-corrected chi connectivity index (χ0v) is 40.4. The highest BCUT2D eigenvalue weighted by molar-refractivity contribution is 5.29. The van der Waals surface area contributed by atoms with Crippen LogP contribution in [0.3, 0.4) is 0 Å². The summed E-state index contributed by atoms with van der Waals surface area (Å²) in [7, 11) is 0. The molecule has 31 atom stereocenters. The van der Waals surface area contributed by atoms with E-state index in [1.807, 2.05) is 6.92 Å². The Kier molecular flexibility index (Phi) is 14.2. The van der Waals surface area contributed by atoms with Crippen molar-refractivity contribution in [2.45, 2.75) is 214 Å². The monoisotopic (exact) mass is 1000 g/mol. The van der Waals surface area contributed by atoms with E-state index < -0.39 is 152 Å². The smallest absolute Gasteiger partial charge is 0.198 e. The average molecular weight is 1000 g/mol. The predicted octanol–water partition coefficient (Wildman–Crippen LogP) is -2.55. The zero-order chi connectivity index (χ0) is 50.3. The maximum absolute atomic E-state index is 12.3. The summed E-state index contributed by atoms with van der Waals surface area (Å²) >= 11 is 0. The van der Waals surface area contributed by atoms with Gasteiger partial charge in [-0.3, -0.25) is 0 Å². The Labute approximate surface area is 406 Å². The van der Waals surface area contributed by atoms with Crippen molar-refractivity contribution in [2.24, 2.45) is 46.3 Å². The number of aliphatic hydroxyl groups is 12. The molecule has 12 N–H and O–H groups in total. The highest BCUT2D eigenvalue weighted by Crippen LogP contribution is 2.71. The third kappa shape index (κ3) is 8.07. The summed E-state index contributed by atoms with van der Waals surface area (Å²) in [5, 5.41) is 131. The van der Waals surface area contributed by atoms with E-state index in [1.54, 1.807) is 6.92 Å². The Morgan fingerprint density at radius 1 is 0.671 bits per heavy atom. The standard InChI is InChI=1S/C49H76O21/c1-17-14-64-49(43(61)30(17)40-37(58)34(55)26(51)15-62-40)18(2)31-28(70-49)13-25-23-8-7-21-11-22(50)12-29(48(21,6)24(23)9-10-47(25,31)5)67-46-42(69-44-38(59)35(56)27(52)16-63-44)41(33(54)20(4)66-46)68-45-39(60)36(57)32(53)19(3)65-45/h7,18-20,22-46,50-61H,1,8-16H2,2-6H3/t18-,19-,20+,22+,23+,24-,25+,26-,27+,28-,29+,30+,31-,32-,33-,34-,35-,36+,37+,38+,39+,40-,41-,42+,43-,44+,45+,46-,47-,48-,49-/m0/s1. The van der Waals surface area contributed by atoms with Crippen LogP contribution in [0.15, 0.2) is 23.8 Å². The molecule has 6 aliphatic heterocycles. The lowest BCUT2D eigenvalue weighted by Gasteiger charge is -2.61. The molecule has 21 heteroatoms. The first kappa shape index (κ1) is 52.1. The van der Waals surface area contributed by atoms with Crippen LogP contribution in [-0.2, 0) is 42.6 Å². The summed E-state index contributed by atoms with van der Waals surface area (Å²) in [5.41, 5.74) is 0.595. The third-order valence-corrected chi connectivity index (χ3v) is 19.2. The molecule has 10 rings (SSSR count). The summed E-state index contributed by atoms with van der Waals surface area (Å²) in [6, 6.07) is 0. The molecule has 0 aromatic heterocycles. The number of hydrogen-bond donors (Lipinski definition) is 12. The summed E-state index contributed by atoms with van der Waals surface area (Å²) in [4.78, 5) is 0. The molecule has 398 valence electrons. The number of ether oxygens (including phenoxy) is 9. The number of hydrogen-bond acceptors (Lipinski definition) is 21. The van der Waals surface area contributed by atoms with E-state index in [-0.39, 0.29) is 60.7 Å². The molecule has 21 nitrogen and oxygen atoms in total. The van der Waals surface area contributed by atoms with Gasteiger partial charge >= 0.3 is 0 Å². The van der Waals surface area contributed by atoms with Gasteiger partial charge in [0.1, 0.15) is 79.4 Å². The second-order valence-corrected chi connectivity index (χ2v) is 22.9. The largest absolute Gasteiger partial charge is 0.393 e. The molecule has 6 saturated heterocycles. The quantitative estimate of drug-likeness (QED) is 0.117. The molecule has 0 radical (unpaired) electrons. The van der Waals surface area contributed by atoms with Gasteiger partial charge in [0.15, 0.2) is 24.7 Å². The Morgan fingerprint density at radius 3 is 2.04 bits per heavy atom. The molecular formula is C49H76O21. The van der Waals surface area contributed by atoms with Gasteiger partial charge in [-0.1, -0.05) is 39.0 Å². The highest BCUT2D eigenvalue weighted by Gasteiger charge is 2.72. The van der Waals surface area contributed by atoms with Crippen LogP contribution in [0.5, 0.6) is 0 Å². The normalized spacial score (nSPS) is 59.1. The van der Waals surface area contributed by atoms with Crippen molar-refractivity contribution in [1.29, 1.82) is 0 Å². The molecule has 0 amide bonds. The van der Waals surface area contributed by atoms with Crippen LogP contribution in [0.2, 0.25) is 0 Å². The minimum atomic E-state index is -1.77. The van der Waals surface area contributed by atoms with Gasteiger partial charge in [-0.15, -0.1) is 0 Å². The topological polar surface area (TPSA) is 326 Å². The highest BCUT2D eigenvalue weighted by atomic mass is 16.8. The molecule has 4 aliphatic carbocycles. The lowest BCUT2D eigenvalue weighted by Crippen LogP contribution is -2.66. The van der Waals surface area contributed by atoms with E-state index in [0.29, 0.717) is 18.4 Å². The maximum Gasteiger partial charge on any atom is 0.198 e. The SMILES string of the molecule is C=C1CO[C@@]2(O[C@H]3C[C@@H]4[C@@H]5CC=C6C[C@@H](O)C[C@@H](O[C@@H]7O[C@H](C)[C@H](O)[C@H](O[C@H]8O[C@@H](C)[C@H](O)[C@@H](O)[C@H]8O)[C@H]7O[C@H]7OC[C@@H](O)[C@H](O)[C@H]7O)[C@]6(C)[C@H]5CC[C@]4(C)[C@H]3[C@@H]2C)[C@@H](O)[C@H]1[C@@H]1OC[C@H](O)[C@H](O)[C@H]1O. The van der Waals surface area contributed by atoms with Crippen LogP contribution in [0, 0.1) is 46.3 Å². The molecule has 0 aromatic rings. The van der Waals surface area contributed by atoms with E-state index in [2.05, 4.69) is 26.5 Å². The van der Waals surface area contributed by atoms with Crippen molar-refractivity contribution < 1.29 is 104 Å². The molecule has 0 bridgehead atoms. The minimum Gasteiger partial charge on any atom is -0.393 e. The fourth-order valence-electron chi connectivity index (χ4n) is 15.3. The molecule has 1 spiro atoms. The predicted molar refractivity (Wildman–Crippen MR) is 236 cm³/mol. The first-order chi connectivity index (χ1) is 33.0. The van der Waals surface area contributed by atoms with Crippen molar-refractivity contribution in [3.05, 3.63) is 23.8 Å². The molecule has 10 aliphatic rings. The number of aliphatic hydroxyl groups excluding tert-OH is 12. The van der Waals surface area contributed by atoms with E-state index >= 15 is 0 Å². The van der Waals surface area contributed by atoms with E-state index in [0.717, 1.165) is 24.8 Å².